The van der Waals surface area contributed by atoms with E-state index in [9.17, 15) is 0 Å². The third-order valence-electron chi connectivity index (χ3n) is 3.05. The van der Waals surface area contributed by atoms with E-state index in [-0.39, 0.29) is 5.88 Å². The molecule has 0 aliphatic rings. The van der Waals surface area contributed by atoms with Crippen LogP contribution in [-0.2, 0) is 0 Å². The average molecular weight is 267 g/mol. The van der Waals surface area contributed by atoms with Gasteiger partial charge in [0.25, 0.3) is 0 Å². The van der Waals surface area contributed by atoms with Crippen LogP contribution in [0.1, 0.15) is 0 Å². The van der Waals surface area contributed by atoms with E-state index in [4.69, 9.17) is 15.0 Å². The Morgan fingerprint density at radius 3 is 2.60 bits per heavy atom. The largest absolute Gasteiger partial charge is 0.496 e. The van der Waals surface area contributed by atoms with Gasteiger partial charge < -0.3 is 15.0 Å². The van der Waals surface area contributed by atoms with Gasteiger partial charge in [-0.05, 0) is 18.2 Å². The number of methoxy groups -OCH3 is 1. The summed E-state index contributed by atoms with van der Waals surface area (Å²) in [6.45, 7) is 0. The third kappa shape index (κ3) is 1.99. The molecule has 0 saturated heterocycles. The molecule has 3 rings (SSSR count). The minimum atomic E-state index is 0.265. The molecule has 0 fully saturated rings. The van der Waals surface area contributed by atoms with Crippen LogP contribution in [0.5, 0.6) is 5.75 Å². The molecule has 0 spiro atoms. The summed E-state index contributed by atoms with van der Waals surface area (Å²) >= 11 is 0. The fourth-order valence-corrected chi connectivity index (χ4v) is 2.12. The van der Waals surface area contributed by atoms with Crippen LogP contribution in [0.2, 0.25) is 0 Å². The van der Waals surface area contributed by atoms with Gasteiger partial charge in [-0.3, -0.25) is 4.98 Å². The minimum absolute atomic E-state index is 0.265. The van der Waals surface area contributed by atoms with E-state index in [0.717, 1.165) is 22.4 Å². The third-order valence-corrected chi connectivity index (χ3v) is 3.05. The Bertz CT molecular complexity index is 723. The molecular formula is C15H13N3O2. The average Bonchev–Trinajstić information content (AvgIpc) is 2.89. The van der Waals surface area contributed by atoms with E-state index < -0.39 is 0 Å². The molecule has 2 N–H and O–H groups in total. The molecule has 0 atom stereocenters. The maximum Gasteiger partial charge on any atom is 0.230 e. The monoisotopic (exact) mass is 267 g/mol. The number of nitrogens with two attached hydrogens (primary N) is 1. The van der Waals surface area contributed by atoms with Gasteiger partial charge in [0, 0.05) is 23.5 Å². The number of pyridine rings is 1. The van der Waals surface area contributed by atoms with Crippen LogP contribution in [0.3, 0.4) is 0 Å². The van der Waals surface area contributed by atoms with Gasteiger partial charge in [-0.25, -0.2) is 0 Å². The molecule has 1 aromatic carbocycles. The van der Waals surface area contributed by atoms with Gasteiger partial charge in [-0.1, -0.05) is 23.4 Å². The lowest BCUT2D eigenvalue weighted by Gasteiger charge is -2.08. The number of nitrogen functional groups attached to an aromatic ring is 1. The summed E-state index contributed by atoms with van der Waals surface area (Å²) in [5.74, 6) is 0.985. The van der Waals surface area contributed by atoms with E-state index >= 15 is 0 Å². The van der Waals surface area contributed by atoms with Crippen molar-refractivity contribution in [3.63, 3.8) is 0 Å². The minimum Gasteiger partial charge on any atom is -0.496 e. The smallest absolute Gasteiger partial charge is 0.230 e. The lowest BCUT2D eigenvalue weighted by Crippen LogP contribution is -1.92. The van der Waals surface area contributed by atoms with E-state index in [2.05, 4.69) is 10.1 Å². The highest BCUT2D eigenvalue weighted by atomic mass is 16.5. The molecule has 0 bridgehead atoms. The number of para-hydroxylation sites is 1. The molecule has 0 amide bonds. The number of nitrogens with zero attached hydrogens (tertiary/aromatic N) is 2. The number of benzene rings is 1. The maximum absolute atomic E-state index is 5.93. The number of hydrogen-bond acceptors (Lipinski definition) is 5. The van der Waals surface area contributed by atoms with Crippen molar-refractivity contribution in [1.82, 2.24) is 10.1 Å². The molecule has 5 heteroatoms. The number of hydrogen-bond donors (Lipinski definition) is 1. The van der Waals surface area contributed by atoms with Crippen molar-refractivity contribution in [2.75, 3.05) is 12.8 Å². The topological polar surface area (TPSA) is 74.2 Å². The zero-order valence-electron chi connectivity index (χ0n) is 10.9. The molecule has 0 aliphatic heterocycles. The second kappa shape index (κ2) is 5.05. The summed E-state index contributed by atoms with van der Waals surface area (Å²) in [4.78, 5) is 4.00. The van der Waals surface area contributed by atoms with Crippen LogP contribution in [-0.4, -0.2) is 17.3 Å². The van der Waals surface area contributed by atoms with Crippen LogP contribution >= 0.6 is 0 Å². The van der Waals surface area contributed by atoms with Crippen molar-refractivity contribution in [3.8, 4) is 28.1 Å². The molecule has 0 radical (unpaired) electrons. The van der Waals surface area contributed by atoms with Crippen molar-refractivity contribution >= 4 is 5.88 Å². The lowest BCUT2D eigenvalue weighted by molar-refractivity contribution is 0.416. The molecule has 0 saturated carbocycles. The highest BCUT2D eigenvalue weighted by Crippen LogP contribution is 2.40. The summed E-state index contributed by atoms with van der Waals surface area (Å²) in [5.41, 5.74) is 9.08. The van der Waals surface area contributed by atoms with E-state index in [0.29, 0.717) is 5.69 Å². The van der Waals surface area contributed by atoms with Crippen LogP contribution in [0.25, 0.3) is 22.4 Å². The quantitative estimate of drug-likeness (QED) is 0.789. The number of rotatable bonds is 3. The summed E-state index contributed by atoms with van der Waals surface area (Å²) in [6.07, 6.45) is 3.40. The first-order valence-electron chi connectivity index (χ1n) is 6.10. The van der Waals surface area contributed by atoms with Crippen LogP contribution in [0.15, 0.2) is 53.3 Å². The molecule has 2 heterocycles. The number of ether oxygens (including phenoxy) is 1. The van der Waals surface area contributed by atoms with Gasteiger partial charge in [-0.15, -0.1) is 0 Å². The van der Waals surface area contributed by atoms with E-state index in [1.807, 2.05) is 36.4 Å². The van der Waals surface area contributed by atoms with E-state index in [1.54, 1.807) is 19.5 Å². The van der Waals surface area contributed by atoms with Gasteiger partial charge in [0.2, 0.25) is 5.88 Å². The van der Waals surface area contributed by atoms with Crippen molar-refractivity contribution < 1.29 is 9.26 Å². The van der Waals surface area contributed by atoms with Gasteiger partial charge in [0.1, 0.15) is 11.4 Å². The van der Waals surface area contributed by atoms with Crippen molar-refractivity contribution in [2.24, 2.45) is 0 Å². The van der Waals surface area contributed by atoms with Gasteiger partial charge in [-0.2, -0.15) is 0 Å². The molecule has 20 heavy (non-hydrogen) atoms. The SMILES string of the molecule is COc1ccccc1-c1c(-c2ccncc2)noc1N. The van der Waals surface area contributed by atoms with Crippen molar-refractivity contribution in [3.05, 3.63) is 48.8 Å². The van der Waals surface area contributed by atoms with Crippen molar-refractivity contribution in [2.45, 2.75) is 0 Å². The second-order valence-corrected chi connectivity index (χ2v) is 4.21. The number of aromatic nitrogens is 2. The predicted octanol–water partition coefficient (Wildman–Crippen LogP) is 2.99. The normalized spacial score (nSPS) is 10.4. The molecule has 3 aromatic rings. The highest BCUT2D eigenvalue weighted by Gasteiger charge is 2.20. The van der Waals surface area contributed by atoms with Gasteiger partial charge in [0.15, 0.2) is 0 Å². The Kier molecular flexibility index (Phi) is 3.09. The molecule has 0 unspecified atom stereocenters. The Morgan fingerprint density at radius 2 is 1.85 bits per heavy atom. The fourth-order valence-electron chi connectivity index (χ4n) is 2.12. The van der Waals surface area contributed by atoms with Gasteiger partial charge >= 0.3 is 0 Å². The fraction of sp³-hybridized carbons (Fsp3) is 0.0667. The van der Waals surface area contributed by atoms with Crippen molar-refractivity contribution in [1.29, 1.82) is 0 Å². The van der Waals surface area contributed by atoms with Crippen LogP contribution < -0.4 is 10.5 Å². The molecule has 5 nitrogen and oxygen atoms in total. The molecular weight excluding hydrogens is 254 g/mol. The second-order valence-electron chi connectivity index (χ2n) is 4.21. The zero-order chi connectivity index (χ0) is 13.9. The Hall–Kier alpha value is -2.82. The predicted molar refractivity (Wildman–Crippen MR) is 76.1 cm³/mol. The summed E-state index contributed by atoms with van der Waals surface area (Å²) in [6, 6.07) is 11.3. The Balaban J connectivity index is 2.22. The highest BCUT2D eigenvalue weighted by molar-refractivity contribution is 5.89. The zero-order valence-corrected chi connectivity index (χ0v) is 10.9. The first-order chi connectivity index (χ1) is 9.81. The Labute approximate surface area is 116 Å². The maximum atomic E-state index is 5.93. The van der Waals surface area contributed by atoms with Crippen LogP contribution in [0.4, 0.5) is 5.88 Å². The molecule has 0 aliphatic carbocycles. The lowest BCUT2D eigenvalue weighted by atomic mass is 10.0. The first-order valence-corrected chi connectivity index (χ1v) is 6.10. The number of anilines is 1. The standard InChI is InChI=1S/C15H13N3O2/c1-19-12-5-3-2-4-11(12)13-14(18-20-15(13)16)10-6-8-17-9-7-10/h2-9H,16H2,1H3. The first kappa shape index (κ1) is 12.2. The van der Waals surface area contributed by atoms with Gasteiger partial charge in [0.05, 0.1) is 12.7 Å². The van der Waals surface area contributed by atoms with E-state index in [1.165, 1.54) is 0 Å². The molecule has 2 aromatic heterocycles. The summed E-state index contributed by atoms with van der Waals surface area (Å²) < 4.78 is 10.5. The molecule has 100 valence electrons. The van der Waals surface area contributed by atoms with Crippen LogP contribution in [0, 0.1) is 0 Å². The Morgan fingerprint density at radius 1 is 1.10 bits per heavy atom. The summed E-state index contributed by atoms with van der Waals surface area (Å²) in [7, 11) is 1.62. The summed E-state index contributed by atoms with van der Waals surface area (Å²) in [5, 5.41) is 4.05.